The standard InChI is InChI=1S/C17H19N3O/c1-3-13(2)21-16-8-4-7-15(10-16)20-12-14-6-5-9-19-17(14)11-18/h4-10,13,20H,3,12H2,1-2H3. The number of benzene rings is 1. The van der Waals surface area contributed by atoms with E-state index in [1.165, 1.54) is 0 Å². The van der Waals surface area contributed by atoms with Crippen LogP contribution in [0.15, 0.2) is 42.6 Å². The van der Waals surface area contributed by atoms with Crippen molar-refractivity contribution in [1.29, 1.82) is 5.26 Å². The van der Waals surface area contributed by atoms with E-state index >= 15 is 0 Å². The molecule has 1 atom stereocenters. The van der Waals surface area contributed by atoms with E-state index in [9.17, 15) is 0 Å². The molecule has 0 amide bonds. The summed E-state index contributed by atoms with van der Waals surface area (Å²) in [6, 6.07) is 13.7. The van der Waals surface area contributed by atoms with Crippen LogP contribution in [0, 0.1) is 11.3 Å². The second kappa shape index (κ2) is 7.30. The summed E-state index contributed by atoms with van der Waals surface area (Å²) in [5.41, 5.74) is 2.30. The minimum Gasteiger partial charge on any atom is -0.491 e. The van der Waals surface area contributed by atoms with Crippen LogP contribution in [0.5, 0.6) is 5.75 Å². The predicted octanol–water partition coefficient (Wildman–Crippen LogP) is 3.74. The summed E-state index contributed by atoms with van der Waals surface area (Å²) in [6.45, 7) is 4.71. The summed E-state index contributed by atoms with van der Waals surface area (Å²) in [5, 5.41) is 12.3. The summed E-state index contributed by atoms with van der Waals surface area (Å²) in [5.74, 6) is 0.848. The maximum absolute atomic E-state index is 9.03. The van der Waals surface area contributed by atoms with Crippen LogP contribution in [0.4, 0.5) is 5.69 Å². The van der Waals surface area contributed by atoms with Crippen molar-refractivity contribution in [3.8, 4) is 11.8 Å². The van der Waals surface area contributed by atoms with Gasteiger partial charge in [0.05, 0.1) is 6.10 Å². The number of nitrogens with one attached hydrogen (secondary N) is 1. The van der Waals surface area contributed by atoms with Gasteiger partial charge < -0.3 is 10.1 Å². The summed E-state index contributed by atoms with van der Waals surface area (Å²) in [6.07, 6.45) is 2.80. The molecule has 1 aromatic carbocycles. The quantitative estimate of drug-likeness (QED) is 0.876. The Bertz CT molecular complexity index is 634. The Morgan fingerprint density at radius 2 is 2.19 bits per heavy atom. The van der Waals surface area contributed by atoms with E-state index in [2.05, 4.69) is 30.2 Å². The first-order chi connectivity index (χ1) is 10.2. The molecule has 0 saturated heterocycles. The van der Waals surface area contributed by atoms with Crippen LogP contribution in [0.1, 0.15) is 31.5 Å². The molecular formula is C17H19N3O. The Hall–Kier alpha value is -2.54. The number of ether oxygens (including phenoxy) is 1. The third-order valence-corrected chi connectivity index (χ3v) is 3.23. The van der Waals surface area contributed by atoms with Crippen LogP contribution in [-0.2, 0) is 6.54 Å². The van der Waals surface area contributed by atoms with Gasteiger partial charge in [0.2, 0.25) is 0 Å². The minimum atomic E-state index is 0.198. The highest BCUT2D eigenvalue weighted by Gasteiger charge is 2.04. The number of nitriles is 1. The van der Waals surface area contributed by atoms with Crippen molar-refractivity contribution in [2.75, 3.05) is 5.32 Å². The summed E-state index contributed by atoms with van der Waals surface area (Å²) in [7, 11) is 0. The molecule has 0 spiro atoms. The van der Waals surface area contributed by atoms with Gasteiger partial charge in [-0.15, -0.1) is 0 Å². The Kier molecular flexibility index (Phi) is 5.16. The molecule has 0 fully saturated rings. The van der Waals surface area contributed by atoms with Crippen LogP contribution in [0.3, 0.4) is 0 Å². The Labute approximate surface area is 125 Å². The molecule has 1 heterocycles. The number of anilines is 1. The van der Waals surface area contributed by atoms with Crippen molar-refractivity contribution in [3.63, 3.8) is 0 Å². The number of nitrogens with zero attached hydrogens (tertiary/aromatic N) is 2. The molecule has 0 aliphatic heterocycles. The lowest BCUT2D eigenvalue weighted by Gasteiger charge is -2.14. The summed E-state index contributed by atoms with van der Waals surface area (Å²) < 4.78 is 5.80. The number of rotatable bonds is 6. The van der Waals surface area contributed by atoms with E-state index in [4.69, 9.17) is 10.00 Å². The van der Waals surface area contributed by atoms with Crippen molar-refractivity contribution < 1.29 is 4.74 Å². The van der Waals surface area contributed by atoms with Gasteiger partial charge >= 0.3 is 0 Å². The fourth-order valence-electron chi connectivity index (χ4n) is 1.87. The summed E-state index contributed by atoms with van der Waals surface area (Å²) >= 11 is 0. The highest BCUT2D eigenvalue weighted by Crippen LogP contribution is 2.20. The Morgan fingerprint density at radius 1 is 1.33 bits per heavy atom. The van der Waals surface area contributed by atoms with Gasteiger partial charge in [0.25, 0.3) is 0 Å². The van der Waals surface area contributed by atoms with Gasteiger partial charge in [-0.05, 0) is 31.5 Å². The van der Waals surface area contributed by atoms with Crippen molar-refractivity contribution in [1.82, 2.24) is 4.98 Å². The highest BCUT2D eigenvalue weighted by molar-refractivity contribution is 5.49. The molecule has 2 rings (SSSR count). The summed E-state index contributed by atoms with van der Waals surface area (Å²) in [4.78, 5) is 4.05. The van der Waals surface area contributed by atoms with Crippen molar-refractivity contribution in [2.24, 2.45) is 0 Å². The zero-order valence-electron chi connectivity index (χ0n) is 12.3. The van der Waals surface area contributed by atoms with E-state index in [1.54, 1.807) is 6.20 Å². The van der Waals surface area contributed by atoms with E-state index in [0.29, 0.717) is 12.2 Å². The van der Waals surface area contributed by atoms with Crippen molar-refractivity contribution in [3.05, 3.63) is 53.9 Å². The molecule has 1 unspecified atom stereocenters. The normalized spacial score (nSPS) is 11.5. The first-order valence-electron chi connectivity index (χ1n) is 7.07. The number of hydrogen-bond donors (Lipinski definition) is 1. The van der Waals surface area contributed by atoms with Crippen LogP contribution >= 0.6 is 0 Å². The first-order valence-corrected chi connectivity index (χ1v) is 7.07. The average molecular weight is 281 g/mol. The molecule has 0 aliphatic carbocycles. The molecule has 21 heavy (non-hydrogen) atoms. The molecule has 0 radical (unpaired) electrons. The van der Waals surface area contributed by atoms with Crippen LogP contribution < -0.4 is 10.1 Å². The molecular weight excluding hydrogens is 262 g/mol. The number of aromatic nitrogens is 1. The molecule has 2 aromatic rings. The maximum Gasteiger partial charge on any atom is 0.145 e. The van der Waals surface area contributed by atoms with E-state index in [1.807, 2.05) is 36.4 Å². The molecule has 0 saturated carbocycles. The fourth-order valence-corrected chi connectivity index (χ4v) is 1.87. The van der Waals surface area contributed by atoms with E-state index < -0.39 is 0 Å². The molecule has 4 nitrogen and oxygen atoms in total. The molecule has 4 heteroatoms. The molecule has 1 N–H and O–H groups in total. The van der Waals surface area contributed by atoms with Gasteiger partial charge in [-0.3, -0.25) is 0 Å². The fraction of sp³-hybridized carbons (Fsp3) is 0.294. The second-order valence-electron chi connectivity index (χ2n) is 4.84. The predicted molar refractivity (Wildman–Crippen MR) is 83.1 cm³/mol. The number of hydrogen-bond acceptors (Lipinski definition) is 4. The topological polar surface area (TPSA) is 57.9 Å². The Balaban J connectivity index is 2.03. The molecule has 108 valence electrons. The highest BCUT2D eigenvalue weighted by atomic mass is 16.5. The molecule has 0 bridgehead atoms. The van der Waals surface area contributed by atoms with Crippen LogP contribution in [-0.4, -0.2) is 11.1 Å². The lowest BCUT2D eigenvalue weighted by Crippen LogP contribution is -2.10. The zero-order valence-corrected chi connectivity index (χ0v) is 12.3. The lowest BCUT2D eigenvalue weighted by atomic mass is 10.2. The molecule has 0 aliphatic rings. The van der Waals surface area contributed by atoms with Crippen molar-refractivity contribution >= 4 is 5.69 Å². The van der Waals surface area contributed by atoms with Gasteiger partial charge in [0, 0.05) is 30.1 Å². The zero-order chi connectivity index (χ0) is 15.1. The third-order valence-electron chi connectivity index (χ3n) is 3.23. The smallest absolute Gasteiger partial charge is 0.145 e. The van der Waals surface area contributed by atoms with Gasteiger partial charge in [0.1, 0.15) is 17.5 Å². The SMILES string of the molecule is CCC(C)Oc1cccc(NCc2cccnc2C#N)c1. The first kappa shape index (κ1) is 14.9. The van der Waals surface area contributed by atoms with Crippen LogP contribution in [0.2, 0.25) is 0 Å². The molecule has 1 aromatic heterocycles. The monoisotopic (exact) mass is 281 g/mol. The van der Waals surface area contributed by atoms with Crippen LogP contribution in [0.25, 0.3) is 0 Å². The van der Waals surface area contributed by atoms with Gasteiger partial charge in [-0.25, -0.2) is 4.98 Å². The van der Waals surface area contributed by atoms with Gasteiger partial charge in [0.15, 0.2) is 0 Å². The second-order valence-corrected chi connectivity index (χ2v) is 4.84. The average Bonchev–Trinajstić information content (AvgIpc) is 2.53. The maximum atomic E-state index is 9.03. The van der Waals surface area contributed by atoms with E-state index in [0.717, 1.165) is 23.4 Å². The third kappa shape index (κ3) is 4.22. The number of pyridine rings is 1. The minimum absolute atomic E-state index is 0.198. The lowest BCUT2D eigenvalue weighted by molar-refractivity contribution is 0.217. The Morgan fingerprint density at radius 3 is 2.95 bits per heavy atom. The largest absolute Gasteiger partial charge is 0.491 e. The van der Waals surface area contributed by atoms with Crippen molar-refractivity contribution in [2.45, 2.75) is 32.9 Å². The van der Waals surface area contributed by atoms with E-state index in [-0.39, 0.29) is 6.10 Å². The van der Waals surface area contributed by atoms with Gasteiger partial charge in [-0.1, -0.05) is 19.1 Å². The van der Waals surface area contributed by atoms with Gasteiger partial charge in [-0.2, -0.15) is 5.26 Å².